The Morgan fingerprint density at radius 1 is 1.29 bits per heavy atom. The number of anilines is 1. The van der Waals surface area contributed by atoms with E-state index >= 15 is 0 Å². The van der Waals surface area contributed by atoms with Crippen LogP contribution in [-0.2, 0) is 4.79 Å². The molecule has 0 aliphatic carbocycles. The number of nitrogens with one attached hydrogen (secondary N) is 2. The van der Waals surface area contributed by atoms with E-state index in [0.717, 1.165) is 6.42 Å². The summed E-state index contributed by atoms with van der Waals surface area (Å²) in [7, 11) is 0. The van der Waals surface area contributed by atoms with Gasteiger partial charge in [-0.2, -0.15) is 0 Å². The van der Waals surface area contributed by atoms with Gasteiger partial charge in [-0.25, -0.2) is 9.37 Å². The second kappa shape index (κ2) is 9.18. The van der Waals surface area contributed by atoms with Crippen molar-refractivity contribution in [3.63, 3.8) is 0 Å². The van der Waals surface area contributed by atoms with Gasteiger partial charge < -0.3 is 10.2 Å². The number of carbonyl (C=O) groups excluding carboxylic acids is 1. The smallest absolute Gasteiger partial charge is 0.270 e. The normalized spacial score (nSPS) is 15.0. The maximum absolute atomic E-state index is 14.3. The summed E-state index contributed by atoms with van der Waals surface area (Å²) in [5.41, 5.74) is 1.36. The van der Waals surface area contributed by atoms with Gasteiger partial charge in [0.15, 0.2) is 0 Å². The van der Waals surface area contributed by atoms with E-state index < -0.39 is 0 Å². The summed E-state index contributed by atoms with van der Waals surface area (Å²) in [6.07, 6.45) is 2.39. The molecule has 164 valence electrons. The second-order valence-electron chi connectivity index (χ2n) is 8.43. The molecule has 0 bridgehead atoms. The highest BCUT2D eigenvalue weighted by Crippen LogP contribution is 2.33. The first-order chi connectivity index (χ1) is 14.9. The molecule has 1 aliphatic rings. The third-order valence-corrected chi connectivity index (χ3v) is 6.73. The number of H-pyrrole nitrogens is 1. The van der Waals surface area contributed by atoms with Crippen LogP contribution in [0.4, 0.5) is 10.3 Å². The lowest BCUT2D eigenvalue weighted by molar-refractivity contribution is -0.125. The van der Waals surface area contributed by atoms with Gasteiger partial charge in [-0.05, 0) is 31.2 Å². The van der Waals surface area contributed by atoms with Gasteiger partial charge in [0, 0.05) is 42.1 Å². The van der Waals surface area contributed by atoms with Crippen molar-refractivity contribution in [2.24, 2.45) is 11.8 Å². The lowest BCUT2D eigenvalue weighted by atomic mass is 9.96. The fourth-order valence-corrected chi connectivity index (χ4v) is 4.82. The van der Waals surface area contributed by atoms with Crippen LogP contribution in [-0.4, -0.2) is 35.5 Å². The monoisotopic (exact) mass is 442 g/mol. The molecule has 31 heavy (non-hydrogen) atoms. The van der Waals surface area contributed by atoms with Gasteiger partial charge in [0.2, 0.25) is 11.9 Å². The van der Waals surface area contributed by atoms with E-state index in [4.69, 9.17) is 0 Å². The Labute approximate surface area is 184 Å². The zero-order valence-corrected chi connectivity index (χ0v) is 18.6. The summed E-state index contributed by atoms with van der Waals surface area (Å²) in [6.45, 7) is 6.26. The predicted molar refractivity (Wildman–Crippen MR) is 123 cm³/mol. The summed E-state index contributed by atoms with van der Waals surface area (Å²) in [4.78, 5) is 34.6. The number of aromatic amines is 1. The van der Waals surface area contributed by atoms with Crippen molar-refractivity contribution < 1.29 is 9.18 Å². The highest BCUT2D eigenvalue weighted by atomic mass is 32.1. The van der Waals surface area contributed by atoms with Gasteiger partial charge in [-0.15, -0.1) is 11.3 Å². The topological polar surface area (TPSA) is 78.1 Å². The van der Waals surface area contributed by atoms with Crippen LogP contribution in [0, 0.1) is 17.7 Å². The minimum atomic E-state index is -0.338. The molecule has 0 atom stereocenters. The quantitative estimate of drug-likeness (QED) is 0.601. The zero-order valence-electron chi connectivity index (χ0n) is 17.8. The third kappa shape index (κ3) is 4.63. The molecule has 0 spiro atoms. The molecule has 0 radical (unpaired) electrons. The van der Waals surface area contributed by atoms with Crippen LogP contribution in [0.5, 0.6) is 0 Å². The Bertz CT molecular complexity index is 1130. The van der Waals surface area contributed by atoms with Gasteiger partial charge in [-0.3, -0.25) is 14.6 Å². The minimum Gasteiger partial charge on any atom is -0.356 e. The number of hydrogen-bond donors (Lipinski definition) is 2. The first-order valence-electron chi connectivity index (χ1n) is 10.7. The molecule has 6 nitrogen and oxygen atoms in total. The number of halogens is 1. The molecule has 4 rings (SSSR count). The number of nitrogens with zero attached hydrogens (tertiary/aromatic N) is 2. The van der Waals surface area contributed by atoms with Gasteiger partial charge in [0.1, 0.15) is 10.5 Å². The average Bonchev–Trinajstić information content (AvgIpc) is 3.18. The second-order valence-corrected chi connectivity index (χ2v) is 9.31. The van der Waals surface area contributed by atoms with E-state index in [1.54, 1.807) is 23.6 Å². The Kier molecular flexibility index (Phi) is 6.36. The number of benzene rings is 1. The molecule has 1 amide bonds. The summed E-state index contributed by atoms with van der Waals surface area (Å²) in [5.74, 6) is 0.791. The van der Waals surface area contributed by atoms with Gasteiger partial charge >= 0.3 is 0 Å². The Balaban J connectivity index is 1.51. The van der Waals surface area contributed by atoms with Crippen LogP contribution in [0.2, 0.25) is 0 Å². The van der Waals surface area contributed by atoms with Crippen molar-refractivity contribution in [3.8, 4) is 11.1 Å². The standard InChI is InChI=1S/C23H27FN4O2S/c1-14(2)7-10-25-21(29)15-8-11-28(12-9-15)23-26-19-17(13-31-20(19)22(30)27-23)16-5-3-4-6-18(16)24/h3-6,13-15H,7-12H2,1-2H3,(H,25,29)(H,26,27,30). The molecule has 8 heteroatoms. The predicted octanol–water partition coefficient (Wildman–Crippen LogP) is 4.17. The van der Waals surface area contributed by atoms with Crippen LogP contribution in [0.15, 0.2) is 34.4 Å². The van der Waals surface area contributed by atoms with Crippen molar-refractivity contribution in [2.45, 2.75) is 33.1 Å². The van der Waals surface area contributed by atoms with Gasteiger partial charge in [0.05, 0.1) is 5.52 Å². The van der Waals surface area contributed by atoms with E-state index in [1.165, 1.54) is 17.4 Å². The number of fused-ring (bicyclic) bond motifs is 1. The lowest BCUT2D eigenvalue weighted by Gasteiger charge is -2.31. The van der Waals surface area contributed by atoms with Crippen LogP contribution < -0.4 is 15.8 Å². The molecule has 0 unspecified atom stereocenters. The number of thiophene rings is 1. The molecule has 1 saturated heterocycles. The first-order valence-corrected chi connectivity index (χ1v) is 11.6. The molecule has 3 aromatic rings. The highest BCUT2D eigenvalue weighted by Gasteiger charge is 2.26. The molecule has 0 saturated carbocycles. The summed E-state index contributed by atoms with van der Waals surface area (Å²) in [5, 5.41) is 4.81. The zero-order chi connectivity index (χ0) is 22.0. The van der Waals surface area contributed by atoms with E-state index in [1.807, 2.05) is 4.90 Å². The van der Waals surface area contributed by atoms with Crippen molar-refractivity contribution >= 4 is 33.4 Å². The van der Waals surface area contributed by atoms with E-state index in [0.29, 0.717) is 65.7 Å². The maximum Gasteiger partial charge on any atom is 0.270 e. The van der Waals surface area contributed by atoms with Crippen LogP contribution >= 0.6 is 11.3 Å². The molecule has 1 aliphatic heterocycles. The molecule has 3 heterocycles. The Hall–Kier alpha value is -2.74. The largest absolute Gasteiger partial charge is 0.356 e. The van der Waals surface area contributed by atoms with Gasteiger partial charge in [-0.1, -0.05) is 32.0 Å². The Morgan fingerprint density at radius 3 is 2.74 bits per heavy atom. The van der Waals surface area contributed by atoms with Crippen molar-refractivity contribution in [2.75, 3.05) is 24.5 Å². The number of amides is 1. The Morgan fingerprint density at radius 2 is 2.03 bits per heavy atom. The highest BCUT2D eigenvalue weighted by molar-refractivity contribution is 7.17. The summed E-state index contributed by atoms with van der Waals surface area (Å²) >= 11 is 1.27. The number of hydrogen-bond acceptors (Lipinski definition) is 5. The SMILES string of the molecule is CC(C)CCNC(=O)C1CCN(c2nc3c(-c4ccccc4F)csc3c(=O)[nH]2)CC1. The van der Waals surface area contributed by atoms with Crippen LogP contribution in [0.1, 0.15) is 33.1 Å². The third-order valence-electron chi connectivity index (χ3n) is 5.76. The molecule has 2 aromatic heterocycles. The number of aromatic nitrogens is 2. The number of piperidine rings is 1. The molecule has 2 N–H and O–H groups in total. The average molecular weight is 443 g/mol. The van der Waals surface area contributed by atoms with E-state index in [-0.39, 0.29) is 23.2 Å². The molecule has 1 fully saturated rings. The van der Waals surface area contributed by atoms with E-state index in [9.17, 15) is 14.0 Å². The van der Waals surface area contributed by atoms with Crippen molar-refractivity contribution in [1.82, 2.24) is 15.3 Å². The molecule has 1 aromatic carbocycles. The first kappa shape index (κ1) is 21.5. The lowest BCUT2D eigenvalue weighted by Crippen LogP contribution is -2.41. The van der Waals surface area contributed by atoms with Crippen molar-refractivity contribution in [3.05, 3.63) is 45.8 Å². The molecular formula is C23H27FN4O2S. The summed E-state index contributed by atoms with van der Waals surface area (Å²) < 4.78 is 14.8. The van der Waals surface area contributed by atoms with Crippen LogP contribution in [0.25, 0.3) is 21.3 Å². The van der Waals surface area contributed by atoms with Crippen LogP contribution in [0.3, 0.4) is 0 Å². The van der Waals surface area contributed by atoms with Gasteiger partial charge in [0.25, 0.3) is 5.56 Å². The maximum atomic E-state index is 14.3. The van der Waals surface area contributed by atoms with E-state index in [2.05, 4.69) is 29.1 Å². The minimum absolute atomic E-state index is 0.0195. The fourth-order valence-electron chi connectivity index (χ4n) is 3.92. The molecular weight excluding hydrogens is 415 g/mol. The summed E-state index contributed by atoms with van der Waals surface area (Å²) in [6, 6.07) is 6.52. The fraction of sp³-hybridized carbons (Fsp3) is 0.435. The van der Waals surface area contributed by atoms with Crippen molar-refractivity contribution in [1.29, 1.82) is 0 Å². The number of carbonyl (C=O) groups is 1. The number of rotatable bonds is 6.